The number of hydrogen-bond acceptors (Lipinski definition) is 7. The molecule has 1 heterocycles. The molecule has 0 spiro atoms. The maximum Gasteiger partial charge on any atom is 0.279 e. The number of nitro groups is 2. The van der Waals surface area contributed by atoms with E-state index in [0.717, 1.165) is 12.1 Å². The second-order valence-electron chi connectivity index (χ2n) is 6.78. The van der Waals surface area contributed by atoms with Gasteiger partial charge in [-0.2, -0.15) is 4.80 Å². The fraction of sp³-hybridized carbons (Fsp3) is 0.0500. The molecular formula is C20H13ClN6O5. The minimum absolute atomic E-state index is 0.129. The Hall–Kier alpha value is -4.38. The zero-order valence-electron chi connectivity index (χ0n) is 16.4. The number of nitrogens with one attached hydrogen (secondary N) is 1. The van der Waals surface area contributed by atoms with Gasteiger partial charge in [0.15, 0.2) is 0 Å². The minimum Gasteiger partial charge on any atom is -0.322 e. The van der Waals surface area contributed by atoms with Gasteiger partial charge in [-0.3, -0.25) is 25.0 Å². The van der Waals surface area contributed by atoms with Gasteiger partial charge in [0.2, 0.25) is 0 Å². The number of nitro benzene ring substituents is 2. The first-order valence-corrected chi connectivity index (χ1v) is 9.48. The molecular weight excluding hydrogens is 440 g/mol. The average Bonchev–Trinajstić information content (AvgIpc) is 3.17. The van der Waals surface area contributed by atoms with Crippen LogP contribution in [0.1, 0.15) is 15.9 Å². The molecule has 1 N–H and O–H groups in total. The van der Waals surface area contributed by atoms with Crippen molar-refractivity contribution in [2.45, 2.75) is 6.92 Å². The Morgan fingerprint density at radius 1 is 0.969 bits per heavy atom. The highest BCUT2D eigenvalue weighted by Gasteiger charge is 2.25. The molecule has 0 radical (unpaired) electrons. The van der Waals surface area contributed by atoms with Crippen LogP contribution >= 0.6 is 11.6 Å². The van der Waals surface area contributed by atoms with Gasteiger partial charge in [-0.25, -0.2) is 0 Å². The third-order valence-corrected chi connectivity index (χ3v) is 4.92. The van der Waals surface area contributed by atoms with Crippen LogP contribution in [-0.2, 0) is 0 Å². The number of carbonyl (C=O) groups is 1. The lowest BCUT2D eigenvalue weighted by atomic mass is 10.1. The first-order valence-electron chi connectivity index (χ1n) is 9.11. The van der Waals surface area contributed by atoms with Crippen LogP contribution in [0.2, 0.25) is 5.02 Å². The second-order valence-corrected chi connectivity index (χ2v) is 7.22. The number of benzene rings is 3. The zero-order valence-corrected chi connectivity index (χ0v) is 17.1. The summed E-state index contributed by atoms with van der Waals surface area (Å²) in [5, 5.41) is 34.3. The van der Waals surface area contributed by atoms with E-state index in [2.05, 4.69) is 15.5 Å². The second kappa shape index (κ2) is 8.04. The Balaban J connectivity index is 1.65. The molecule has 11 nitrogen and oxygen atoms in total. The van der Waals surface area contributed by atoms with Gasteiger partial charge in [0.05, 0.1) is 21.1 Å². The minimum atomic E-state index is -0.765. The summed E-state index contributed by atoms with van der Waals surface area (Å²) in [5.74, 6) is -0.738. The molecule has 160 valence electrons. The van der Waals surface area contributed by atoms with Gasteiger partial charge in [0, 0.05) is 22.8 Å². The maximum atomic E-state index is 12.7. The molecule has 32 heavy (non-hydrogen) atoms. The summed E-state index contributed by atoms with van der Waals surface area (Å²) in [6, 6.07) is 13.8. The van der Waals surface area contributed by atoms with E-state index in [1.807, 2.05) is 0 Å². The molecule has 0 aliphatic carbocycles. The molecule has 12 heteroatoms. The van der Waals surface area contributed by atoms with Gasteiger partial charge in [-0.15, -0.1) is 10.2 Å². The number of hydrogen-bond donors (Lipinski definition) is 1. The van der Waals surface area contributed by atoms with E-state index >= 15 is 0 Å². The molecule has 0 aliphatic rings. The lowest BCUT2D eigenvalue weighted by Crippen LogP contribution is -2.13. The average molecular weight is 453 g/mol. The number of anilines is 1. The van der Waals surface area contributed by atoms with Gasteiger partial charge < -0.3 is 5.32 Å². The molecule has 4 aromatic rings. The fourth-order valence-corrected chi connectivity index (χ4v) is 3.29. The Labute approximate surface area is 184 Å². The van der Waals surface area contributed by atoms with Crippen molar-refractivity contribution in [1.82, 2.24) is 15.0 Å². The van der Waals surface area contributed by atoms with Gasteiger partial charge in [0.1, 0.15) is 16.6 Å². The maximum absolute atomic E-state index is 12.7. The molecule has 0 unspecified atom stereocenters. The molecule has 0 atom stereocenters. The van der Waals surface area contributed by atoms with E-state index in [1.165, 1.54) is 11.7 Å². The highest BCUT2D eigenvalue weighted by atomic mass is 35.5. The van der Waals surface area contributed by atoms with Crippen molar-refractivity contribution >= 4 is 45.6 Å². The first-order chi connectivity index (χ1) is 15.2. The van der Waals surface area contributed by atoms with Gasteiger partial charge in [0.25, 0.3) is 17.3 Å². The summed E-state index contributed by atoms with van der Waals surface area (Å²) < 4.78 is 0. The summed E-state index contributed by atoms with van der Waals surface area (Å²) in [5.41, 5.74) is 0.666. The third kappa shape index (κ3) is 3.96. The normalized spacial score (nSPS) is 10.8. The summed E-state index contributed by atoms with van der Waals surface area (Å²) in [4.78, 5) is 35.0. The predicted molar refractivity (Wildman–Crippen MR) is 116 cm³/mol. The highest BCUT2D eigenvalue weighted by Crippen LogP contribution is 2.30. The quantitative estimate of drug-likeness (QED) is 0.347. The monoisotopic (exact) mass is 452 g/mol. The first kappa shape index (κ1) is 20.9. The fourth-order valence-electron chi connectivity index (χ4n) is 3.11. The van der Waals surface area contributed by atoms with Crippen molar-refractivity contribution in [3.8, 4) is 5.69 Å². The van der Waals surface area contributed by atoms with Crippen LogP contribution < -0.4 is 5.32 Å². The van der Waals surface area contributed by atoms with E-state index in [9.17, 15) is 25.0 Å². The summed E-state index contributed by atoms with van der Waals surface area (Å²) in [6.45, 7) is 1.26. The summed E-state index contributed by atoms with van der Waals surface area (Å²) >= 11 is 6.00. The van der Waals surface area contributed by atoms with Crippen LogP contribution in [0.25, 0.3) is 16.7 Å². The van der Waals surface area contributed by atoms with Crippen LogP contribution in [0, 0.1) is 27.2 Å². The number of rotatable bonds is 5. The Morgan fingerprint density at radius 2 is 1.62 bits per heavy atom. The van der Waals surface area contributed by atoms with Crippen molar-refractivity contribution in [2.75, 3.05) is 5.32 Å². The van der Waals surface area contributed by atoms with Gasteiger partial charge in [-0.05, 0) is 43.3 Å². The van der Waals surface area contributed by atoms with Crippen LogP contribution in [0.4, 0.5) is 17.1 Å². The molecule has 0 saturated heterocycles. The Morgan fingerprint density at radius 3 is 2.25 bits per heavy atom. The van der Waals surface area contributed by atoms with Gasteiger partial charge in [-0.1, -0.05) is 17.7 Å². The van der Waals surface area contributed by atoms with Gasteiger partial charge >= 0.3 is 0 Å². The zero-order chi connectivity index (χ0) is 23.0. The number of halogens is 1. The Kier molecular flexibility index (Phi) is 5.24. The molecule has 3 aromatic carbocycles. The van der Waals surface area contributed by atoms with E-state index < -0.39 is 27.1 Å². The van der Waals surface area contributed by atoms with Crippen molar-refractivity contribution in [1.29, 1.82) is 0 Å². The van der Waals surface area contributed by atoms with E-state index in [0.29, 0.717) is 27.4 Å². The molecule has 0 bridgehead atoms. The number of amides is 1. The summed E-state index contributed by atoms with van der Waals surface area (Å²) in [6.07, 6.45) is 0. The number of nitrogens with zero attached hydrogens (tertiary/aromatic N) is 5. The number of carbonyl (C=O) groups excluding carboxylic acids is 1. The molecule has 1 aromatic heterocycles. The topological polar surface area (TPSA) is 146 Å². The van der Waals surface area contributed by atoms with E-state index in [1.54, 1.807) is 42.5 Å². The van der Waals surface area contributed by atoms with E-state index in [-0.39, 0.29) is 11.1 Å². The van der Waals surface area contributed by atoms with Crippen molar-refractivity contribution in [3.63, 3.8) is 0 Å². The molecule has 1 amide bonds. The largest absolute Gasteiger partial charge is 0.322 e. The van der Waals surface area contributed by atoms with Crippen LogP contribution in [0.3, 0.4) is 0 Å². The smallest absolute Gasteiger partial charge is 0.279 e. The van der Waals surface area contributed by atoms with E-state index in [4.69, 9.17) is 11.6 Å². The number of fused-ring (bicyclic) bond motifs is 1. The number of aromatic nitrogens is 3. The lowest BCUT2D eigenvalue weighted by molar-refractivity contribution is -0.395. The van der Waals surface area contributed by atoms with Crippen LogP contribution in [-0.4, -0.2) is 30.7 Å². The third-order valence-electron chi connectivity index (χ3n) is 4.69. The predicted octanol–water partition coefficient (Wildman–Crippen LogP) is 4.45. The molecule has 0 aliphatic heterocycles. The lowest BCUT2D eigenvalue weighted by Gasteiger charge is -2.06. The van der Waals surface area contributed by atoms with Crippen LogP contribution in [0.15, 0.2) is 54.6 Å². The van der Waals surface area contributed by atoms with Crippen molar-refractivity contribution in [3.05, 3.63) is 91.0 Å². The van der Waals surface area contributed by atoms with Crippen molar-refractivity contribution < 1.29 is 14.6 Å². The SMILES string of the molecule is Cc1c([N+](=O)[O-])cc(C(=O)Nc2ccc3nn(-c4cccc(Cl)c4)nc3c2)cc1[N+](=O)[O-]. The van der Waals surface area contributed by atoms with Crippen molar-refractivity contribution in [2.24, 2.45) is 0 Å². The molecule has 0 saturated carbocycles. The summed E-state index contributed by atoms with van der Waals surface area (Å²) in [7, 11) is 0. The standard InChI is InChI=1S/C20H13ClN6O5/c1-11-18(26(29)30)7-12(8-19(11)27(31)32)20(28)22-14-5-6-16-17(10-14)24-25(23-16)15-4-2-3-13(21)9-15/h2-10H,1H3,(H,22,28). The Bertz CT molecular complexity index is 1380. The molecule has 0 fully saturated rings. The molecule has 4 rings (SSSR count). The van der Waals surface area contributed by atoms with Crippen LogP contribution in [0.5, 0.6) is 0 Å². The highest BCUT2D eigenvalue weighted by molar-refractivity contribution is 6.30.